The van der Waals surface area contributed by atoms with Crippen molar-refractivity contribution >= 4 is 18.3 Å². The van der Waals surface area contributed by atoms with Crippen LogP contribution in [0.3, 0.4) is 0 Å². The Morgan fingerprint density at radius 2 is 1.67 bits per heavy atom. The van der Waals surface area contributed by atoms with Crippen molar-refractivity contribution in [2.45, 2.75) is 13.0 Å². The Labute approximate surface area is 148 Å². The minimum Gasteiger partial charge on any atom is -0.345 e. The van der Waals surface area contributed by atoms with Crippen LogP contribution in [-0.2, 0) is 4.79 Å². The Morgan fingerprint density at radius 3 is 2.21 bits per heavy atom. The summed E-state index contributed by atoms with van der Waals surface area (Å²) in [6, 6.07) is 15.8. The first-order valence-corrected chi connectivity index (χ1v) is 7.96. The molecule has 2 atom stereocenters. The molecular weight excluding hydrogens is 327 g/mol. The average Bonchev–Trinajstić information content (AvgIpc) is 2.52. The molecule has 1 fully saturated rings. The maximum Gasteiger partial charge on any atom is 0.223 e. The van der Waals surface area contributed by atoms with Gasteiger partial charge in [0.1, 0.15) is 5.82 Å². The van der Waals surface area contributed by atoms with E-state index in [1.54, 1.807) is 12.1 Å². The van der Waals surface area contributed by atoms with Crippen LogP contribution in [0.4, 0.5) is 4.39 Å². The summed E-state index contributed by atoms with van der Waals surface area (Å²) in [6.07, 6.45) is 0. The molecule has 1 amide bonds. The Bertz CT molecular complexity index is 659. The lowest BCUT2D eigenvalue weighted by atomic mass is 9.87. The third-order valence-electron chi connectivity index (χ3n) is 4.56. The van der Waals surface area contributed by atoms with Crippen LogP contribution < -0.4 is 10.6 Å². The second-order valence-electron chi connectivity index (χ2n) is 6.11. The molecule has 3 rings (SSSR count). The second-order valence-corrected chi connectivity index (χ2v) is 6.11. The summed E-state index contributed by atoms with van der Waals surface area (Å²) in [5, 5.41) is 6.33. The number of amides is 1. The number of carbonyl (C=O) groups excluding carboxylic acids is 1. The molecule has 24 heavy (non-hydrogen) atoms. The third-order valence-corrected chi connectivity index (χ3v) is 4.56. The Kier molecular flexibility index (Phi) is 6.35. The summed E-state index contributed by atoms with van der Waals surface area (Å²) in [5.41, 5.74) is 1.87. The molecule has 2 aromatic carbocycles. The van der Waals surface area contributed by atoms with Crippen LogP contribution in [0, 0.1) is 17.7 Å². The first-order valence-electron chi connectivity index (χ1n) is 7.96. The van der Waals surface area contributed by atoms with Gasteiger partial charge >= 0.3 is 0 Å². The summed E-state index contributed by atoms with van der Waals surface area (Å²) in [4.78, 5) is 12.6. The van der Waals surface area contributed by atoms with Gasteiger partial charge in [-0.2, -0.15) is 0 Å². The topological polar surface area (TPSA) is 41.1 Å². The molecule has 0 saturated carbocycles. The van der Waals surface area contributed by atoms with Gasteiger partial charge in [-0.1, -0.05) is 49.4 Å². The van der Waals surface area contributed by atoms with E-state index in [4.69, 9.17) is 0 Å². The number of halogens is 2. The zero-order valence-corrected chi connectivity index (χ0v) is 14.4. The van der Waals surface area contributed by atoms with Gasteiger partial charge in [-0.05, 0) is 42.3 Å². The average molecular weight is 349 g/mol. The van der Waals surface area contributed by atoms with E-state index in [1.165, 1.54) is 12.1 Å². The maximum atomic E-state index is 13.2. The van der Waals surface area contributed by atoms with E-state index in [-0.39, 0.29) is 36.1 Å². The van der Waals surface area contributed by atoms with Crippen molar-refractivity contribution in [1.29, 1.82) is 0 Å². The van der Waals surface area contributed by atoms with E-state index in [2.05, 4.69) is 10.6 Å². The lowest BCUT2D eigenvalue weighted by molar-refractivity contribution is -0.127. The molecule has 3 nitrogen and oxygen atoms in total. The van der Waals surface area contributed by atoms with Crippen molar-refractivity contribution < 1.29 is 9.18 Å². The Morgan fingerprint density at radius 1 is 1.08 bits per heavy atom. The summed E-state index contributed by atoms with van der Waals surface area (Å²) < 4.78 is 13.2. The van der Waals surface area contributed by atoms with Crippen molar-refractivity contribution in [2.24, 2.45) is 11.8 Å². The lowest BCUT2D eigenvalue weighted by Gasteiger charge is -2.33. The summed E-state index contributed by atoms with van der Waals surface area (Å²) in [7, 11) is 0. The van der Waals surface area contributed by atoms with E-state index in [9.17, 15) is 9.18 Å². The monoisotopic (exact) mass is 348 g/mol. The molecule has 0 aromatic heterocycles. The van der Waals surface area contributed by atoms with Crippen molar-refractivity contribution in [3.8, 4) is 0 Å². The molecule has 1 heterocycles. The highest BCUT2D eigenvalue weighted by Crippen LogP contribution is 2.24. The van der Waals surface area contributed by atoms with Crippen LogP contribution in [0.5, 0.6) is 0 Å². The third kappa shape index (κ3) is 4.13. The Balaban J connectivity index is 0.00000208. The fourth-order valence-corrected chi connectivity index (χ4v) is 2.81. The fourth-order valence-electron chi connectivity index (χ4n) is 2.81. The first kappa shape index (κ1) is 18.4. The zero-order chi connectivity index (χ0) is 16.2. The molecule has 0 radical (unpaired) electrons. The SMILES string of the molecule is CC(C(=O)NC(c1ccccc1)c1ccc(F)cc1)C1CNC1.Cl. The highest BCUT2D eigenvalue weighted by Gasteiger charge is 2.30. The van der Waals surface area contributed by atoms with Crippen LogP contribution in [0.1, 0.15) is 24.1 Å². The number of hydrogen-bond acceptors (Lipinski definition) is 2. The lowest BCUT2D eigenvalue weighted by Crippen LogP contribution is -2.50. The molecule has 128 valence electrons. The van der Waals surface area contributed by atoms with Crippen molar-refractivity contribution in [3.63, 3.8) is 0 Å². The molecule has 1 aliphatic rings. The molecule has 0 bridgehead atoms. The molecule has 2 unspecified atom stereocenters. The molecule has 0 spiro atoms. The molecule has 5 heteroatoms. The highest BCUT2D eigenvalue weighted by atomic mass is 35.5. The molecule has 1 saturated heterocycles. The van der Waals surface area contributed by atoms with E-state index in [1.807, 2.05) is 37.3 Å². The molecular formula is C19H22ClFN2O. The standard InChI is InChI=1S/C19H21FN2O.ClH/c1-13(16-11-21-12-16)19(23)22-18(14-5-3-2-4-6-14)15-7-9-17(20)10-8-15;/h2-10,13,16,18,21H,11-12H2,1H3,(H,22,23);1H. The predicted octanol–water partition coefficient (Wildman–Crippen LogP) is 3.31. The molecule has 2 N–H and O–H groups in total. The van der Waals surface area contributed by atoms with Crippen molar-refractivity contribution in [3.05, 3.63) is 71.5 Å². The van der Waals surface area contributed by atoms with Gasteiger partial charge in [0.15, 0.2) is 0 Å². The largest absolute Gasteiger partial charge is 0.345 e. The number of nitrogens with one attached hydrogen (secondary N) is 2. The Hall–Kier alpha value is -1.91. The van der Waals surface area contributed by atoms with Gasteiger partial charge in [0.05, 0.1) is 6.04 Å². The van der Waals surface area contributed by atoms with Crippen LogP contribution >= 0.6 is 12.4 Å². The summed E-state index contributed by atoms with van der Waals surface area (Å²) >= 11 is 0. The summed E-state index contributed by atoms with van der Waals surface area (Å²) in [5.74, 6) is 0.109. The quantitative estimate of drug-likeness (QED) is 0.870. The molecule has 0 aliphatic carbocycles. The van der Waals surface area contributed by atoms with Crippen molar-refractivity contribution in [1.82, 2.24) is 10.6 Å². The number of benzene rings is 2. The normalized spacial score (nSPS) is 16.4. The number of carbonyl (C=O) groups is 1. The van der Waals surface area contributed by atoms with Crippen LogP contribution in [0.15, 0.2) is 54.6 Å². The van der Waals surface area contributed by atoms with Crippen LogP contribution in [-0.4, -0.2) is 19.0 Å². The van der Waals surface area contributed by atoms with Crippen LogP contribution in [0.2, 0.25) is 0 Å². The first-order chi connectivity index (χ1) is 11.1. The fraction of sp³-hybridized carbons (Fsp3) is 0.316. The number of hydrogen-bond donors (Lipinski definition) is 2. The molecule has 2 aromatic rings. The van der Waals surface area contributed by atoms with Gasteiger partial charge in [-0.25, -0.2) is 4.39 Å². The second kappa shape index (κ2) is 8.27. The van der Waals surface area contributed by atoms with Gasteiger partial charge in [-0.15, -0.1) is 12.4 Å². The van der Waals surface area contributed by atoms with Crippen LogP contribution in [0.25, 0.3) is 0 Å². The molecule has 1 aliphatic heterocycles. The predicted molar refractivity (Wildman–Crippen MR) is 95.6 cm³/mol. The zero-order valence-electron chi connectivity index (χ0n) is 13.5. The van der Waals surface area contributed by atoms with Gasteiger partial charge in [0, 0.05) is 5.92 Å². The summed E-state index contributed by atoms with van der Waals surface area (Å²) in [6.45, 7) is 3.75. The van der Waals surface area contributed by atoms with E-state index < -0.39 is 0 Å². The van der Waals surface area contributed by atoms with Gasteiger partial charge in [-0.3, -0.25) is 4.79 Å². The van der Waals surface area contributed by atoms with E-state index >= 15 is 0 Å². The number of rotatable bonds is 5. The van der Waals surface area contributed by atoms with Gasteiger partial charge < -0.3 is 10.6 Å². The van der Waals surface area contributed by atoms with E-state index in [0.717, 1.165) is 24.2 Å². The highest BCUT2D eigenvalue weighted by molar-refractivity contribution is 5.85. The minimum atomic E-state index is -0.277. The van der Waals surface area contributed by atoms with Gasteiger partial charge in [0.2, 0.25) is 5.91 Å². The van der Waals surface area contributed by atoms with E-state index in [0.29, 0.717) is 5.92 Å². The minimum absolute atomic E-state index is 0. The van der Waals surface area contributed by atoms with Gasteiger partial charge in [0.25, 0.3) is 0 Å². The maximum absolute atomic E-state index is 13.2. The van der Waals surface area contributed by atoms with Crippen molar-refractivity contribution in [2.75, 3.05) is 13.1 Å². The smallest absolute Gasteiger partial charge is 0.223 e.